The molecule has 3 aliphatic heterocycles. The van der Waals surface area contributed by atoms with Crippen LogP contribution in [0.25, 0.3) is 0 Å². The zero-order chi connectivity index (χ0) is 20.6. The minimum atomic E-state index is -0.560. The highest BCUT2D eigenvalue weighted by molar-refractivity contribution is 6.15. The number of Topliss-reactive ketones (excluding diaryl/α,β-unsaturated/α-hetero) is 1. The molecule has 7 nitrogen and oxygen atoms in total. The molecule has 0 saturated carbocycles. The van der Waals surface area contributed by atoms with Gasteiger partial charge >= 0.3 is 0 Å². The van der Waals surface area contributed by atoms with E-state index in [0.717, 1.165) is 43.0 Å². The first kappa shape index (κ1) is 18.7. The normalized spacial score (nSPS) is 25.0. The summed E-state index contributed by atoms with van der Waals surface area (Å²) in [6.07, 6.45) is 10.4. The summed E-state index contributed by atoms with van der Waals surface area (Å²) in [4.78, 5) is 40.5. The van der Waals surface area contributed by atoms with Crippen molar-refractivity contribution in [1.29, 1.82) is 0 Å². The Morgan fingerprint density at radius 3 is 2.73 bits per heavy atom. The number of hydrogen-bond donors (Lipinski definition) is 1. The number of amides is 1. The highest BCUT2D eigenvalue weighted by atomic mass is 16.2. The molecule has 1 atom stereocenters. The van der Waals surface area contributed by atoms with E-state index in [1.165, 1.54) is 0 Å². The van der Waals surface area contributed by atoms with Crippen LogP contribution in [0.2, 0.25) is 0 Å². The molecule has 0 bridgehead atoms. The fraction of sp³-hybridized carbons (Fsp3) is 0.348. The van der Waals surface area contributed by atoms with Gasteiger partial charge in [0.05, 0.1) is 23.4 Å². The van der Waals surface area contributed by atoms with Crippen molar-refractivity contribution < 1.29 is 9.59 Å². The molecular formula is C23H23N5O2. The van der Waals surface area contributed by atoms with Crippen LogP contribution >= 0.6 is 0 Å². The predicted molar refractivity (Wildman–Crippen MR) is 117 cm³/mol. The van der Waals surface area contributed by atoms with Crippen molar-refractivity contribution in [3.8, 4) is 0 Å². The lowest BCUT2D eigenvalue weighted by Crippen LogP contribution is -2.41. The van der Waals surface area contributed by atoms with Crippen LogP contribution in [0.1, 0.15) is 36.0 Å². The molecule has 1 fully saturated rings. The number of anilines is 1. The van der Waals surface area contributed by atoms with Crippen LogP contribution in [-0.2, 0) is 4.79 Å². The van der Waals surface area contributed by atoms with Gasteiger partial charge < -0.3 is 10.2 Å². The van der Waals surface area contributed by atoms with Gasteiger partial charge in [-0.2, -0.15) is 0 Å². The molecule has 3 heterocycles. The van der Waals surface area contributed by atoms with Crippen molar-refractivity contribution in [2.45, 2.75) is 25.7 Å². The van der Waals surface area contributed by atoms with Gasteiger partial charge in [-0.1, -0.05) is 6.08 Å². The fourth-order valence-electron chi connectivity index (χ4n) is 4.40. The van der Waals surface area contributed by atoms with E-state index >= 15 is 0 Å². The van der Waals surface area contributed by atoms with Crippen LogP contribution in [0.4, 0.5) is 5.69 Å². The number of guanidine groups is 1. The van der Waals surface area contributed by atoms with E-state index in [-0.39, 0.29) is 11.7 Å². The van der Waals surface area contributed by atoms with Crippen molar-refractivity contribution in [1.82, 2.24) is 4.90 Å². The highest BCUT2D eigenvalue weighted by Gasteiger charge is 2.44. The number of likely N-dealkylation sites (tertiary alicyclic amines) is 1. The number of carbonyl (C=O) groups is 2. The summed E-state index contributed by atoms with van der Waals surface area (Å²) >= 11 is 0. The Balaban J connectivity index is 1.33. The number of nitrogens with one attached hydrogen (secondary N) is 1. The Morgan fingerprint density at radius 2 is 1.93 bits per heavy atom. The first-order chi connectivity index (χ1) is 14.6. The van der Waals surface area contributed by atoms with E-state index in [2.05, 4.69) is 15.3 Å². The predicted octanol–water partition coefficient (Wildman–Crippen LogP) is 3.02. The first-order valence-electron chi connectivity index (χ1n) is 10.4. The Kier molecular flexibility index (Phi) is 4.65. The second kappa shape index (κ2) is 7.48. The first-order valence-corrected chi connectivity index (χ1v) is 10.4. The molecule has 1 unspecified atom stereocenters. The maximum absolute atomic E-state index is 12.5. The minimum absolute atomic E-state index is 0.0847. The van der Waals surface area contributed by atoms with Gasteiger partial charge in [0.1, 0.15) is 5.78 Å². The largest absolute Gasteiger partial charge is 0.339 e. The third-order valence-electron chi connectivity index (χ3n) is 6.04. The Bertz CT molecular complexity index is 1040. The maximum atomic E-state index is 12.5. The summed E-state index contributed by atoms with van der Waals surface area (Å²) < 4.78 is 0. The molecule has 1 saturated heterocycles. The topological polar surface area (TPSA) is 86.5 Å². The van der Waals surface area contributed by atoms with Crippen molar-refractivity contribution >= 4 is 35.3 Å². The van der Waals surface area contributed by atoms with E-state index in [4.69, 9.17) is 4.99 Å². The average molecular weight is 401 g/mol. The molecule has 0 aromatic heterocycles. The summed E-state index contributed by atoms with van der Waals surface area (Å²) in [5.74, 6) is 0.734. The van der Waals surface area contributed by atoms with Crippen molar-refractivity contribution in [3.63, 3.8) is 0 Å². The van der Waals surface area contributed by atoms with Crippen molar-refractivity contribution in [3.05, 3.63) is 53.8 Å². The molecule has 4 aliphatic rings. The van der Waals surface area contributed by atoms with Crippen LogP contribution in [0, 0.1) is 5.41 Å². The monoisotopic (exact) mass is 401 g/mol. The third kappa shape index (κ3) is 3.30. The molecule has 1 N–H and O–H groups in total. The maximum Gasteiger partial charge on any atom is 0.253 e. The van der Waals surface area contributed by atoms with Gasteiger partial charge in [-0.05, 0) is 49.3 Å². The number of hydrogen-bond acceptors (Lipinski definition) is 6. The van der Waals surface area contributed by atoms with Gasteiger partial charge in [0.15, 0.2) is 0 Å². The SMILES string of the molecule is O=C1CC=NC2=CC=CC3=NC(Nc4ccc(C(=O)N5CCCC5)cc4)=NCC23C1. The van der Waals surface area contributed by atoms with E-state index in [0.29, 0.717) is 30.9 Å². The van der Waals surface area contributed by atoms with Gasteiger partial charge in [0.25, 0.3) is 5.91 Å². The van der Waals surface area contributed by atoms with E-state index in [1.807, 2.05) is 47.4 Å². The average Bonchev–Trinajstić information content (AvgIpc) is 3.24. The molecule has 1 aliphatic carbocycles. The Hall–Kier alpha value is -3.35. The van der Waals surface area contributed by atoms with Crippen molar-refractivity contribution in [2.75, 3.05) is 25.0 Å². The second-order valence-corrected chi connectivity index (χ2v) is 8.06. The van der Waals surface area contributed by atoms with Crippen molar-refractivity contribution in [2.24, 2.45) is 20.4 Å². The summed E-state index contributed by atoms with van der Waals surface area (Å²) in [6.45, 7) is 2.11. The number of aliphatic imine (C=N–C) groups is 3. The molecule has 30 heavy (non-hydrogen) atoms. The number of allylic oxidation sites excluding steroid dienone is 3. The van der Waals surface area contributed by atoms with Gasteiger partial charge in [0, 0.05) is 43.4 Å². The number of benzene rings is 1. The molecule has 1 aromatic rings. The lowest BCUT2D eigenvalue weighted by Gasteiger charge is -2.35. The van der Waals surface area contributed by atoms with Gasteiger partial charge in [0.2, 0.25) is 5.96 Å². The lowest BCUT2D eigenvalue weighted by molar-refractivity contribution is -0.118. The number of ketones is 1. The molecular weight excluding hydrogens is 378 g/mol. The molecule has 7 heteroatoms. The summed E-state index contributed by atoms with van der Waals surface area (Å²) in [5, 5.41) is 3.23. The molecule has 1 aromatic carbocycles. The Morgan fingerprint density at radius 1 is 1.13 bits per heavy atom. The quantitative estimate of drug-likeness (QED) is 0.826. The van der Waals surface area contributed by atoms with E-state index < -0.39 is 5.41 Å². The lowest BCUT2D eigenvalue weighted by atomic mass is 9.72. The van der Waals surface area contributed by atoms with Gasteiger partial charge in [-0.25, -0.2) is 9.98 Å². The minimum Gasteiger partial charge on any atom is -0.339 e. The molecule has 0 radical (unpaired) electrons. The summed E-state index contributed by atoms with van der Waals surface area (Å²) in [5.41, 5.74) is 2.61. The Labute approximate surface area is 175 Å². The van der Waals surface area contributed by atoms with Crippen LogP contribution < -0.4 is 5.32 Å². The van der Waals surface area contributed by atoms with Crippen LogP contribution in [0.3, 0.4) is 0 Å². The van der Waals surface area contributed by atoms with Crippen LogP contribution in [0.5, 0.6) is 0 Å². The van der Waals surface area contributed by atoms with E-state index in [1.54, 1.807) is 6.21 Å². The second-order valence-electron chi connectivity index (χ2n) is 8.06. The fourth-order valence-corrected chi connectivity index (χ4v) is 4.40. The zero-order valence-electron chi connectivity index (χ0n) is 16.7. The van der Waals surface area contributed by atoms with Gasteiger partial charge in [-0.3, -0.25) is 14.6 Å². The molecule has 152 valence electrons. The zero-order valence-corrected chi connectivity index (χ0v) is 16.7. The summed E-state index contributed by atoms with van der Waals surface area (Å²) in [6, 6.07) is 7.41. The van der Waals surface area contributed by atoms with Crippen LogP contribution in [0.15, 0.2) is 63.2 Å². The molecule has 1 amide bonds. The number of nitrogens with zero attached hydrogens (tertiary/aromatic N) is 4. The highest BCUT2D eigenvalue weighted by Crippen LogP contribution is 2.41. The third-order valence-corrected chi connectivity index (χ3v) is 6.04. The van der Waals surface area contributed by atoms with E-state index in [9.17, 15) is 9.59 Å². The van der Waals surface area contributed by atoms with Crippen LogP contribution in [-0.4, -0.2) is 54.1 Å². The summed E-state index contributed by atoms with van der Waals surface area (Å²) in [7, 11) is 0. The van der Waals surface area contributed by atoms with Gasteiger partial charge in [-0.15, -0.1) is 0 Å². The molecule has 1 spiro atoms. The number of carbonyl (C=O) groups excluding carboxylic acids is 2. The smallest absolute Gasteiger partial charge is 0.253 e. The molecule has 5 rings (SSSR count). The number of rotatable bonds is 2. The standard InChI is InChI=1S/C23H23N5O2/c29-18-10-11-24-19-4-3-5-20-23(19,14-18)15-25-22(27-20)26-17-8-6-16(7-9-17)21(30)28-12-1-2-13-28/h3-9,11H,1-2,10,12-15H2,(H,25,26).